The molecular weight excluding hydrogens is 275 g/mol. The van der Waals surface area contributed by atoms with E-state index >= 15 is 0 Å². The van der Waals surface area contributed by atoms with E-state index < -0.39 is 7.12 Å². The number of fused-ring (bicyclic) bond motifs is 1. The third-order valence-corrected chi connectivity index (χ3v) is 4.32. The second-order valence-corrected chi connectivity index (χ2v) is 5.91. The Bertz CT molecular complexity index is 724. The molecule has 0 radical (unpaired) electrons. The fraction of sp³-hybridized carbons (Fsp3) is 0.278. The molecule has 3 rings (SSSR count). The highest BCUT2D eigenvalue weighted by Gasteiger charge is 2.25. The number of carbonyl (C=O) groups excluding carboxylic acids is 1. The van der Waals surface area contributed by atoms with Crippen LogP contribution in [0.2, 0.25) is 0 Å². The fourth-order valence-corrected chi connectivity index (χ4v) is 2.78. The second kappa shape index (κ2) is 6.07. The van der Waals surface area contributed by atoms with Crippen molar-refractivity contribution in [2.45, 2.75) is 26.7 Å². The molecule has 1 heterocycles. The number of hydrogen-bond donors (Lipinski definition) is 1. The number of carbonyl (C=O) groups is 1. The zero-order valence-electron chi connectivity index (χ0n) is 12.9. The van der Waals surface area contributed by atoms with E-state index in [4.69, 9.17) is 4.65 Å². The van der Waals surface area contributed by atoms with E-state index in [-0.39, 0.29) is 5.78 Å². The number of ketones is 1. The molecule has 0 amide bonds. The lowest BCUT2D eigenvalue weighted by molar-refractivity contribution is 0.0993. The van der Waals surface area contributed by atoms with E-state index in [1.807, 2.05) is 50.2 Å². The summed E-state index contributed by atoms with van der Waals surface area (Å²) in [5.41, 5.74) is 5.84. The van der Waals surface area contributed by atoms with Crippen LogP contribution in [0.25, 0.3) is 0 Å². The van der Waals surface area contributed by atoms with Crippen LogP contribution in [0, 0.1) is 13.8 Å². The third-order valence-electron chi connectivity index (χ3n) is 4.32. The standard InChI is InChI=1S/C18H19BO3/c1-12-3-5-16(9-13(12)2)18(20)11-14-4-6-15-7-8-22-19(21)17(15)10-14/h3-6,9-10,21H,7-8,11H2,1-2H3. The highest BCUT2D eigenvalue weighted by Crippen LogP contribution is 2.14. The lowest BCUT2D eigenvalue weighted by Gasteiger charge is -2.19. The van der Waals surface area contributed by atoms with Gasteiger partial charge in [-0.25, -0.2) is 0 Å². The van der Waals surface area contributed by atoms with Crippen molar-refractivity contribution in [3.63, 3.8) is 0 Å². The van der Waals surface area contributed by atoms with E-state index in [1.165, 1.54) is 5.56 Å². The summed E-state index contributed by atoms with van der Waals surface area (Å²) < 4.78 is 5.25. The Balaban J connectivity index is 1.82. The van der Waals surface area contributed by atoms with Crippen molar-refractivity contribution in [3.8, 4) is 0 Å². The molecule has 0 saturated heterocycles. The van der Waals surface area contributed by atoms with Gasteiger partial charge in [0.25, 0.3) is 0 Å². The minimum Gasteiger partial charge on any atom is -0.423 e. The number of benzene rings is 2. The highest BCUT2D eigenvalue weighted by molar-refractivity contribution is 6.60. The SMILES string of the molecule is Cc1ccc(C(=O)Cc2ccc3c(c2)B(O)OCC3)cc1C. The van der Waals surface area contributed by atoms with E-state index in [0.29, 0.717) is 13.0 Å². The maximum atomic E-state index is 12.4. The molecule has 22 heavy (non-hydrogen) atoms. The van der Waals surface area contributed by atoms with E-state index in [1.54, 1.807) is 0 Å². The first-order valence-electron chi connectivity index (χ1n) is 7.56. The maximum Gasteiger partial charge on any atom is 0.491 e. The Morgan fingerprint density at radius 2 is 2.00 bits per heavy atom. The van der Waals surface area contributed by atoms with E-state index in [0.717, 1.165) is 34.1 Å². The molecule has 0 fully saturated rings. The Hall–Kier alpha value is -1.91. The predicted octanol–water partition coefficient (Wildman–Crippen LogP) is 1.99. The first-order valence-corrected chi connectivity index (χ1v) is 7.56. The molecule has 1 aliphatic heterocycles. The smallest absolute Gasteiger partial charge is 0.423 e. The summed E-state index contributed by atoms with van der Waals surface area (Å²) in [6, 6.07) is 11.6. The Morgan fingerprint density at radius 3 is 2.77 bits per heavy atom. The molecule has 0 bridgehead atoms. The lowest BCUT2D eigenvalue weighted by atomic mass is 9.72. The molecule has 1 N–H and O–H groups in total. The van der Waals surface area contributed by atoms with Crippen molar-refractivity contribution in [2.75, 3.05) is 6.61 Å². The summed E-state index contributed by atoms with van der Waals surface area (Å²) >= 11 is 0. The molecule has 2 aromatic rings. The van der Waals surface area contributed by atoms with Gasteiger partial charge >= 0.3 is 7.12 Å². The van der Waals surface area contributed by atoms with Gasteiger partial charge in [0, 0.05) is 18.6 Å². The molecule has 1 aliphatic rings. The predicted molar refractivity (Wildman–Crippen MR) is 87.7 cm³/mol. The highest BCUT2D eigenvalue weighted by atomic mass is 16.5. The van der Waals surface area contributed by atoms with Crippen molar-refractivity contribution >= 4 is 18.4 Å². The van der Waals surface area contributed by atoms with Crippen LogP contribution in [0.3, 0.4) is 0 Å². The van der Waals surface area contributed by atoms with Crippen LogP contribution < -0.4 is 5.46 Å². The second-order valence-electron chi connectivity index (χ2n) is 5.91. The minimum atomic E-state index is -0.875. The molecule has 0 atom stereocenters. The first-order chi connectivity index (χ1) is 10.5. The molecule has 4 heteroatoms. The van der Waals surface area contributed by atoms with Gasteiger partial charge in [-0.15, -0.1) is 0 Å². The summed E-state index contributed by atoms with van der Waals surface area (Å²) in [6.07, 6.45) is 1.14. The Morgan fingerprint density at radius 1 is 1.18 bits per heavy atom. The van der Waals surface area contributed by atoms with Crippen molar-refractivity contribution < 1.29 is 14.5 Å². The number of hydrogen-bond acceptors (Lipinski definition) is 3. The molecule has 3 nitrogen and oxygen atoms in total. The normalized spacial score (nSPS) is 13.9. The Kier molecular flexibility index (Phi) is 4.14. The average molecular weight is 294 g/mol. The molecule has 0 saturated carbocycles. The van der Waals surface area contributed by atoms with Crippen LogP contribution in [-0.2, 0) is 17.5 Å². The van der Waals surface area contributed by atoms with Crippen molar-refractivity contribution in [2.24, 2.45) is 0 Å². The topological polar surface area (TPSA) is 46.5 Å². The molecular formula is C18H19BO3. The van der Waals surface area contributed by atoms with E-state index in [9.17, 15) is 9.82 Å². The monoisotopic (exact) mass is 294 g/mol. The van der Waals surface area contributed by atoms with Gasteiger partial charge < -0.3 is 9.68 Å². The summed E-state index contributed by atoms with van der Waals surface area (Å²) in [7, 11) is -0.875. The summed E-state index contributed by atoms with van der Waals surface area (Å²) in [5, 5.41) is 9.90. The van der Waals surface area contributed by atoms with Crippen molar-refractivity contribution in [1.29, 1.82) is 0 Å². The van der Waals surface area contributed by atoms with Crippen LogP contribution in [0.1, 0.15) is 32.6 Å². The third kappa shape index (κ3) is 2.98. The van der Waals surface area contributed by atoms with E-state index in [2.05, 4.69) is 0 Å². The largest absolute Gasteiger partial charge is 0.491 e. The van der Waals surface area contributed by atoms with Gasteiger partial charge in [0.1, 0.15) is 0 Å². The zero-order valence-corrected chi connectivity index (χ0v) is 12.9. The first kappa shape index (κ1) is 15.0. The van der Waals surface area contributed by atoms with Gasteiger partial charge in [-0.2, -0.15) is 0 Å². The van der Waals surface area contributed by atoms with Gasteiger partial charge in [-0.3, -0.25) is 4.79 Å². The van der Waals surface area contributed by atoms with Crippen molar-refractivity contribution in [1.82, 2.24) is 0 Å². The summed E-state index contributed by atoms with van der Waals surface area (Å²) in [4.78, 5) is 12.4. The molecule has 0 unspecified atom stereocenters. The molecule has 0 aromatic heterocycles. The fourth-order valence-electron chi connectivity index (χ4n) is 2.78. The number of rotatable bonds is 3. The average Bonchev–Trinajstić information content (AvgIpc) is 2.51. The number of Topliss-reactive ketones (excluding diaryl/α,β-unsaturated/α-hetero) is 1. The van der Waals surface area contributed by atoms with Gasteiger partial charge in [0.2, 0.25) is 0 Å². The van der Waals surface area contributed by atoms with Crippen LogP contribution in [0.5, 0.6) is 0 Å². The molecule has 0 aliphatic carbocycles. The summed E-state index contributed by atoms with van der Waals surface area (Å²) in [5.74, 6) is 0.0919. The molecule has 112 valence electrons. The quantitative estimate of drug-likeness (QED) is 0.695. The molecule has 2 aromatic carbocycles. The van der Waals surface area contributed by atoms with Gasteiger partial charge in [-0.1, -0.05) is 30.3 Å². The minimum absolute atomic E-state index is 0.0919. The van der Waals surface area contributed by atoms with Crippen LogP contribution in [0.4, 0.5) is 0 Å². The molecule has 0 spiro atoms. The van der Waals surface area contributed by atoms with Crippen LogP contribution in [0.15, 0.2) is 36.4 Å². The number of aryl methyl sites for hydroxylation is 2. The Labute approximate surface area is 131 Å². The zero-order chi connectivity index (χ0) is 15.7. The maximum absolute atomic E-state index is 12.4. The van der Waals surface area contributed by atoms with Crippen LogP contribution >= 0.6 is 0 Å². The lowest BCUT2D eigenvalue weighted by Crippen LogP contribution is -2.41. The van der Waals surface area contributed by atoms with Crippen LogP contribution in [-0.4, -0.2) is 24.5 Å². The van der Waals surface area contributed by atoms with Gasteiger partial charge in [-0.05, 0) is 54.1 Å². The summed E-state index contributed by atoms with van der Waals surface area (Å²) in [6.45, 7) is 4.59. The van der Waals surface area contributed by atoms with Gasteiger partial charge in [0.15, 0.2) is 5.78 Å². The van der Waals surface area contributed by atoms with Gasteiger partial charge in [0.05, 0.1) is 0 Å². The van der Waals surface area contributed by atoms with Crippen molar-refractivity contribution in [3.05, 3.63) is 64.2 Å².